The van der Waals surface area contributed by atoms with Gasteiger partial charge >= 0.3 is 5.97 Å². The first-order valence-electron chi connectivity index (χ1n) is 8.53. The first-order chi connectivity index (χ1) is 13.5. The van der Waals surface area contributed by atoms with Crippen LogP contribution < -0.4 is 10.5 Å². The Labute approximate surface area is 160 Å². The Bertz CT molecular complexity index is 1150. The fourth-order valence-corrected chi connectivity index (χ4v) is 3.56. The molecule has 1 aliphatic rings. The first kappa shape index (κ1) is 17.5. The van der Waals surface area contributed by atoms with Gasteiger partial charge in [-0.15, -0.1) is 0 Å². The maximum absolute atomic E-state index is 12.5. The molecular weight excluding hydrogens is 360 g/mol. The minimum absolute atomic E-state index is 0.0749. The van der Waals surface area contributed by atoms with Crippen molar-refractivity contribution in [2.45, 2.75) is 5.92 Å². The molecule has 0 radical (unpaired) electrons. The van der Waals surface area contributed by atoms with E-state index in [4.69, 9.17) is 15.2 Å². The molecule has 140 valence electrons. The number of methoxy groups -OCH3 is 1. The van der Waals surface area contributed by atoms with Crippen molar-refractivity contribution in [3.05, 3.63) is 93.4 Å². The van der Waals surface area contributed by atoms with E-state index in [0.717, 1.165) is 10.8 Å². The molecule has 0 saturated carbocycles. The average Bonchev–Trinajstić information content (AvgIpc) is 2.72. The van der Waals surface area contributed by atoms with Crippen molar-refractivity contribution >= 4 is 22.4 Å². The number of carbonyl (C=O) groups is 1. The topological polar surface area (TPSA) is 105 Å². The number of fused-ring (bicyclic) bond motifs is 3. The van der Waals surface area contributed by atoms with Crippen molar-refractivity contribution in [1.82, 2.24) is 0 Å². The predicted octanol–water partition coefficient (Wildman–Crippen LogP) is 3.62. The number of non-ortho nitro benzene ring substituents is 1. The SMILES string of the molecule is COC(=O)C1=C(N)Oc2c(ccc3ccccc23)[C@@H]1c1cccc([N+](=O)[O-])c1. The molecule has 3 aromatic carbocycles. The lowest BCUT2D eigenvalue weighted by atomic mass is 9.82. The molecular formula is C21H16N2O5. The molecule has 28 heavy (non-hydrogen) atoms. The highest BCUT2D eigenvalue weighted by Gasteiger charge is 2.36. The van der Waals surface area contributed by atoms with Crippen LogP contribution in [-0.4, -0.2) is 18.0 Å². The van der Waals surface area contributed by atoms with Gasteiger partial charge in [-0.1, -0.05) is 48.5 Å². The van der Waals surface area contributed by atoms with Crippen molar-refractivity contribution in [2.24, 2.45) is 5.73 Å². The van der Waals surface area contributed by atoms with Crippen LogP contribution in [0.4, 0.5) is 5.69 Å². The van der Waals surface area contributed by atoms with Crippen LogP contribution in [0.1, 0.15) is 17.0 Å². The van der Waals surface area contributed by atoms with Crippen molar-refractivity contribution < 1.29 is 19.2 Å². The van der Waals surface area contributed by atoms with E-state index in [1.54, 1.807) is 12.1 Å². The lowest BCUT2D eigenvalue weighted by Crippen LogP contribution is -2.27. The zero-order valence-corrected chi connectivity index (χ0v) is 14.9. The lowest BCUT2D eigenvalue weighted by molar-refractivity contribution is -0.384. The van der Waals surface area contributed by atoms with E-state index in [1.165, 1.54) is 19.2 Å². The molecule has 0 unspecified atom stereocenters. The molecule has 7 nitrogen and oxygen atoms in total. The Kier molecular flexibility index (Phi) is 4.19. The Morgan fingerprint density at radius 1 is 1.14 bits per heavy atom. The number of esters is 1. The van der Waals surface area contributed by atoms with Gasteiger partial charge in [0.15, 0.2) is 0 Å². The summed E-state index contributed by atoms with van der Waals surface area (Å²) in [5.41, 5.74) is 7.39. The van der Waals surface area contributed by atoms with Gasteiger partial charge in [-0.05, 0) is 10.9 Å². The van der Waals surface area contributed by atoms with Crippen LogP contribution in [0.2, 0.25) is 0 Å². The smallest absolute Gasteiger partial charge is 0.340 e. The summed E-state index contributed by atoms with van der Waals surface area (Å²) in [4.78, 5) is 23.2. The molecule has 4 rings (SSSR count). The third-order valence-electron chi connectivity index (χ3n) is 4.81. The summed E-state index contributed by atoms with van der Waals surface area (Å²) in [7, 11) is 1.25. The van der Waals surface area contributed by atoms with E-state index >= 15 is 0 Å². The number of nitrogens with zero attached hydrogens (tertiary/aromatic N) is 1. The summed E-state index contributed by atoms with van der Waals surface area (Å²) in [5.74, 6) is -0.847. The molecule has 1 aliphatic heterocycles. The van der Waals surface area contributed by atoms with Crippen molar-refractivity contribution in [2.75, 3.05) is 7.11 Å². The van der Waals surface area contributed by atoms with Crippen LogP contribution in [0.15, 0.2) is 72.1 Å². The standard InChI is InChI=1S/C21H16N2O5/c1-27-21(24)18-17(13-6-4-7-14(11-13)23(25)26)16-10-9-12-5-2-3-8-15(12)19(16)28-20(18)22/h2-11,17H,22H2,1H3/t17-/m0/s1. The third kappa shape index (κ3) is 2.73. The van der Waals surface area contributed by atoms with Crippen molar-refractivity contribution in [1.29, 1.82) is 0 Å². The van der Waals surface area contributed by atoms with E-state index in [-0.39, 0.29) is 17.1 Å². The van der Waals surface area contributed by atoms with Gasteiger partial charge in [0.1, 0.15) is 11.3 Å². The Morgan fingerprint density at radius 2 is 1.93 bits per heavy atom. The molecule has 0 spiro atoms. The van der Waals surface area contributed by atoms with E-state index in [2.05, 4.69) is 0 Å². The number of ether oxygens (including phenoxy) is 2. The van der Waals surface area contributed by atoms with Gasteiger partial charge in [0.05, 0.1) is 18.0 Å². The zero-order valence-electron chi connectivity index (χ0n) is 14.9. The molecule has 0 fully saturated rings. The molecule has 0 aliphatic carbocycles. The van der Waals surface area contributed by atoms with Gasteiger partial charge < -0.3 is 15.2 Å². The van der Waals surface area contributed by atoms with Gasteiger partial charge in [0.2, 0.25) is 5.88 Å². The Hall–Kier alpha value is -3.87. The normalized spacial score (nSPS) is 15.7. The number of benzene rings is 3. The number of rotatable bonds is 3. The second-order valence-corrected chi connectivity index (χ2v) is 6.36. The van der Waals surface area contributed by atoms with Gasteiger partial charge in [-0.25, -0.2) is 4.79 Å². The highest BCUT2D eigenvalue weighted by molar-refractivity contribution is 5.96. The van der Waals surface area contributed by atoms with Crippen molar-refractivity contribution in [3.8, 4) is 5.75 Å². The second-order valence-electron chi connectivity index (χ2n) is 6.36. The van der Waals surface area contributed by atoms with Crippen LogP contribution in [-0.2, 0) is 9.53 Å². The maximum Gasteiger partial charge on any atom is 0.340 e. The fraction of sp³-hybridized carbons (Fsp3) is 0.0952. The van der Waals surface area contributed by atoms with E-state index in [9.17, 15) is 14.9 Å². The summed E-state index contributed by atoms with van der Waals surface area (Å²) in [6, 6.07) is 17.5. The second kappa shape index (κ2) is 6.70. The lowest BCUT2D eigenvalue weighted by Gasteiger charge is -2.29. The number of carbonyl (C=O) groups excluding carboxylic acids is 1. The largest absolute Gasteiger partial charge is 0.465 e. The highest BCUT2D eigenvalue weighted by atomic mass is 16.6. The number of nitrogens with two attached hydrogens (primary N) is 1. The monoisotopic (exact) mass is 376 g/mol. The maximum atomic E-state index is 12.5. The Morgan fingerprint density at radius 3 is 2.68 bits per heavy atom. The van der Waals surface area contributed by atoms with Gasteiger partial charge in [0.25, 0.3) is 5.69 Å². The number of hydrogen-bond donors (Lipinski definition) is 1. The molecule has 0 saturated heterocycles. The molecule has 7 heteroatoms. The van der Waals surface area contributed by atoms with Crippen LogP contribution in [0.25, 0.3) is 10.8 Å². The number of nitro groups is 1. The highest BCUT2D eigenvalue weighted by Crippen LogP contribution is 2.46. The molecule has 3 aromatic rings. The van der Waals surface area contributed by atoms with E-state index in [0.29, 0.717) is 16.9 Å². The Balaban J connectivity index is 2.00. The van der Waals surface area contributed by atoms with Crippen molar-refractivity contribution in [3.63, 3.8) is 0 Å². The fourth-order valence-electron chi connectivity index (χ4n) is 3.56. The molecule has 0 bridgehead atoms. The summed E-state index contributed by atoms with van der Waals surface area (Å²) >= 11 is 0. The number of nitro benzene ring substituents is 1. The van der Waals surface area contributed by atoms with Crippen LogP contribution in [0.3, 0.4) is 0 Å². The minimum atomic E-state index is -0.652. The van der Waals surface area contributed by atoms with Crippen LogP contribution >= 0.6 is 0 Å². The molecule has 2 N–H and O–H groups in total. The van der Waals surface area contributed by atoms with E-state index in [1.807, 2.05) is 36.4 Å². The van der Waals surface area contributed by atoms with Gasteiger partial charge in [-0.2, -0.15) is 0 Å². The quantitative estimate of drug-likeness (QED) is 0.425. The molecule has 1 heterocycles. The molecule has 0 aromatic heterocycles. The minimum Gasteiger partial charge on any atom is -0.465 e. The van der Waals surface area contributed by atoms with Gasteiger partial charge in [0, 0.05) is 23.1 Å². The average molecular weight is 376 g/mol. The summed E-state index contributed by atoms with van der Waals surface area (Å²) in [6.07, 6.45) is 0. The van der Waals surface area contributed by atoms with Gasteiger partial charge in [-0.3, -0.25) is 10.1 Å². The summed E-state index contributed by atoms with van der Waals surface area (Å²) in [5, 5.41) is 13.0. The predicted molar refractivity (Wildman–Crippen MR) is 103 cm³/mol. The van der Waals surface area contributed by atoms with Crippen LogP contribution in [0.5, 0.6) is 5.75 Å². The van der Waals surface area contributed by atoms with Crippen LogP contribution in [0, 0.1) is 10.1 Å². The summed E-state index contributed by atoms with van der Waals surface area (Å²) < 4.78 is 10.7. The molecule has 0 amide bonds. The molecule has 1 atom stereocenters. The zero-order chi connectivity index (χ0) is 19.8. The summed E-state index contributed by atoms with van der Waals surface area (Å²) in [6.45, 7) is 0. The first-order valence-corrected chi connectivity index (χ1v) is 8.53. The third-order valence-corrected chi connectivity index (χ3v) is 4.81. The van der Waals surface area contributed by atoms with E-state index < -0.39 is 16.8 Å². The number of hydrogen-bond acceptors (Lipinski definition) is 6.